The lowest BCUT2D eigenvalue weighted by Gasteiger charge is -2.05. The first kappa shape index (κ1) is 17.3. The van der Waals surface area contributed by atoms with Gasteiger partial charge in [-0.1, -0.05) is 0 Å². The van der Waals surface area contributed by atoms with E-state index in [0.717, 1.165) is 17.3 Å². The Kier molecular flexibility index (Phi) is 4.79. The number of aromatic nitrogens is 3. The van der Waals surface area contributed by atoms with E-state index in [1.807, 2.05) is 0 Å². The molecule has 7 heteroatoms. The van der Waals surface area contributed by atoms with Gasteiger partial charge in [-0.05, 0) is 42.8 Å². The number of aromatic amines is 1. The number of nitrogens with one attached hydrogen (secondary N) is 2. The van der Waals surface area contributed by atoms with Crippen molar-refractivity contribution < 1.29 is 9.13 Å². The molecule has 0 radical (unpaired) electrons. The summed E-state index contributed by atoms with van der Waals surface area (Å²) in [7, 11) is 1.50. The van der Waals surface area contributed by atoms with Gasteiger partial charge in [0, 0.05) is 29.6 Å². The number of nitrogen functional groups attached to an aromatic ring is 1. The summed E-state index contributed by atoms with van der Waals surface area (Å²) in [6, 6.07) is 8.35. The molecule has 0 saturated heterocycles. The number of imidazole rings is 1. The summed E-state index contributed by atoms with van der Waals surface area (Å²) in [6.45, 7) is 1.70. The minimum absolute atomic E-state index is 0.277. The van der Waals surface area contributed by atoms with Crippen LogP contribution in [0.1, 0.15) is 11.4 Å². The fraction of sp³-hybridized carbons (Fsp3) is 0.105. The first-order valence-electron chi connectivity index (χ1n) is 7.87. The Labute approximate surface area is 150 Å². The second-order valence-electron chi connectivity index (χ2n) is 5.64. The van der Waals surface area contributed by atoms with E-state index in [4.69, 9.17) is 15.9 Å². The van der Waals surface area contributed by atoms with E-state index in [1.165, 1.54) is 19.3 Å². The van der Waals surface area contributed by atoms with Gasteiger partial charge < -0.3 is 20.9 Å². The number of hydrogen-bond donors (Lipinski definition) is 3. The number of nitrogens with zero attached hydrogens (tertiary/aromatic N) is 2. The zero-order valence-electron chi connectivity index (χ0n) is 14.4. The summed E-state index contributed by atoms with van der Waals surface area (Å²) in [5.74, 6) is 0.967. The predicted octanol–water partition coefficient (Wildman–Crippen LogP) is 3.81. The average molecular weight is 351 g/mol. The van der Waals surface area contributed by atoms with Crippen molar-refractivity contribution in [1.29, 1.82) is 5.41 Å². The molecule has 0 aliphatic rings. The third-order valence-corrected chi connectivity index (χ3v) is 3.89. The maximum absolute atomic E-state index is 13.7. The van der Waals surface area contributed by atoms with Crippen LogP contribution in [0.3, 0.4) is 0 Å². The average Bonchev–Trinajstić information content (AvgIpc) is 3.07. The normalized spacial score (nSPS) is 11.4. The number of hydrogen-bond acceptors (Lipinski definition) is 5. The molecule has 0 unspecified atom stereocenters. The highest BCUT2D eigenvalue weighted by atomic mass is 19.1. The smallest absolute Gasteiger partial charge is 0.174 e. The molecule has 2 aromatic heterocycles. The second kappa shape index (κ2) is 7.18. The molecule has 26 heavy (non-hydrogen) atoms. The van der Waals surface area contributed by atoms with Crippen molar-refractivity contribution in [2.75, 3.05) is 12.8 Å². The fourth-order valence-corrected chi connectivity index (χ4v) is 2.62. The summed E-state index contributed by atoms with van der Waals surface area (Å²) < 4.78 is 19.0. The highest BCUT2D eigenvalue weighted by Gasteiger charge is 2.17. The molecule has 3 aromatic rings. The van der Waals surface area contributed by atoms with E-state index in [2.05, 4.69) is 15.0 Å². The Balaban J connectivity index is 2.23. The van der Waals surface area contributed by atoms with Gasteiger partial charge in [-0.3, -0.25) is 0 Å². The lowest BCUT2D eigenvalue weighted by molar-refractivity contribution is 0.367. The SMILES string of the molecule is CO/C(=C/C=N)c1nc(-c2ccc(F)c(C)c2)c(-c2ccnc(N)c2)[nH]1. The van der Waals surface area contributed by atoms with Crippen molar-refractivity contribution in [2.24, 2.45) is 0 Å². The van der Waals surface area contributed by atoms with E-state index < -0.39 is 0 Å². The molecule has 0 aliphatic carbocycles. The van der Waals surface area contributed by atoms with Crippen molar-refractivity contribution in [1.82, 2.24) is 15.0 Å². The van der Waals surface area contributed by atoms with Crippen molar-refractivity contribution >= 4 is 17.8 Å². The molecule has 0 aliphatic heterocycles. The summed E-state index contributed by atoms with van der Waals surface area (Å²) in [5, 5.41) is 7.26. The topological polar surface area (TPSA) is 101 Å². The van der Waals surface area contributed by atoms with Crippen LogP contribution in [-0.2, 0) is 4.74 Å². The minimum Gasteiger partial charge on any atom is -0.493 e. The van der Waals surface area contributed by atoms with Gasteiger partial charge in [-0.25, -0.2) is 14.4 Å². The second-order valence-corrected chi connectivity index (χ2v) is 5.64. The number of nitrogens with two attached hydrogens (primary N) is 1. The van der Waals surface area contributed by atoms with Crippen LogP contribution in [0.4, 0.5) is 10.2 Å². The van der Waals surface area contributed by atoms with Gasteiger partial charge in [0.25, 0.3) is 0 Å². The largest absolute Gasteiger partial charge is 0.493 e. The monoisotopic (exact) mass is 351 g/mol. The van der Waals surface area contributed by atoms with Crippen LogP contribution < -0.4 is 5.73 Å². The number of H-pyrrole nitrogens is 1. The molecule has 0 bridgehead atoms. The Bertz CT molecular complexity index is 993. The number of benzene rings is 1. The predicted molar refractivity (Wildman–Crippen MR) is 100 cm³/mol. The third-order valence-electron chi connectivity index (χ3n) is 3.89. The molecule has 0 fully saturated rings. The molecule has 0 amide bonds. The Morgan fingerprint density at radius 1 is 1.27 bits per heavy atom. The van der Waals surface area contributed by atoms with Gasteiger partial charge in [0.15, 0.2) is 11.6 Å². The molecule has 132 valence electrons. The van der Waals surface area contributed by atoms with Crippen LogP contribution in [0, 0.1) is 18.2 Å². The molecule has 2 heterocycles. The number of ether oxygens (including phenoxy) is 1. The van der Waals surface area contributed by atoms with E-state index in [1.54, 1.807) is 37.4 Å². The Hall–Kier alpha value is -3.48. The molecule has 1 aromatic carbocycles. The van der Waals surface area contributed by atoms with Crippen LogP contribution in [-0.4, -0.2) is 28.3 Å². The summed E-state index contributed by atoms with van der Waals surface area (Å²) in [4.78, 5) is 11.8. The number of methoxy groups -OCH3 is 1. The number of halogens is 1. The first-order valence-corrected chi connectivity index (χ1v) is 7.87. The lowest BCUT2D eigenvalue weighted by atomic mass is 10.0. The maximum atomic E-state index is 13.7. The number of aryl methyl sites for hydroxylation is 1. The quantitative estimate of drug-likeness (QED) is 0.481. The highest BCUT2D eigenvalue weighted by molar-refractivity contribution is 5.83. The molecule has 0 spiro atoms. The lowest BCUT2D eigenvalue weighted by Crippen LogP contribution is -1.92. The maximum Gasteiger partial charge on any atom is 0.174 e. The Morgan fingerprint density at radius 3 is 2.73 bits per heavy atom. The first-order chi connectivity index (χ1) is 12.5. The van der Waals surface area contributed by atoms with Gasteiger partial charge in [0.05, 0.1) is 18.5 Å². The van der Waals surface area contributed by atoms with Crippen molar-refractivity contribution in [3.05, 3.63) is 59.8 Å². The summed E-state index contributed by atoms with van der Waals surface area (Å²) in [5.41, 5.74) is 9.20. The van der Waals surface area contributed by atoms with E-state index in [9.17, 15) is 4.39 Å². The van der Waals surface area contributed by atoms with Gasteiger partial charge >= 0.3 is 0 Å². The van der Waals surface area contributed by atoms with E-state index in [0.29, 0.717) is 34.4 Å². The number of allylic oxidation sites excluding steroid dienone is 1. The van der Waals surface area contributed by atoms with Crippen LogP contribution in [0.15, 0.2) is 42.6 Å². The standard InChI is InChI=1S/C19H18FN5O/c1-11-9-12(3-4-14(11)20)17-18(13-6-8-23-16(22)10-13)25-19(24-17)15(26-2)5-7-21/h3-10,21H,1-2H3,(H2,22,23)(H,24,25)/b15-5+,21-7?. The van der Waals surface area contributed by atoms with Gasteiger partial charge in [0.2, 0.25) is 0 Å². The van der Waals surface area contributed by atoms with Crippen LogP contribution in [0.2, 0.25) is 0 Å². The molecule has 4 N–H and O–H groups in total. The summed E-state index contributed by atoms with van der Waals surface area (Å²) >= 11 is 0. The van der Waals surface area contributed by atoms with Gasteiger partial charge in [0.1, 0.15) is 11.6 Å². The minimum atomic E-state index is -0.277. The summed E-state index contributed by atoms with van der Waals surface area (Å²) in [6.07, 6.45) is 4.21. The van der Waals surface area contributed by atoms with Crippen molar-refractivity contribution in [2.45, 2.75) is 6.92 Å². The number of pyridine rings is 1. The molecular weight excluding hydrogens is 333 g/mol. The van der Waals surface area contributed by atoms with Crippen molar-refractivity contribution in [3.63, 3.8) is 0 Å². The third kappa shape index (κ3) is 3.32. The molecular formula is C19H18FN5O. The van der Waals surface area contributed by atoms with Crippen molar-refractivity contribution in [3.8, 4) is 22.5 Å². The van der Waals surface area contributed by atoms with Gasteiger partial charge in [-0.15, -0.1) is 0 Å². The molecule has 0 saturated carbocycles. The number of rotatable bonds is 5. The highest BCUT2D eigenvalue weighted by Crippen LogP contribution is 2.33. The van der Waals surface area contributed by atoms with Crippen LogP contribution in [0.5, 0.6) is 0 Å². The fourth-order valence-electron chi connectivity index (χ4n) is 2.62. The molecule has 0 atom stereocenters. The van der Waals surface area contributed by atoms with Crippen LogP contribution >= 0.6 is 0 Å². The number of anilines is 1. The zero-order chi connectivity index (χ0) is 18.7. The Morgan fingerprint density at radius 2 is 2.08 bits per heavy atom. The zero-order valence-corrected chi connectivity index (χ0v) is 14.4. The van der Waals surface area contributed by atoms with Gasteiger partial charge in [-0.2, -0.15) is 0 Å². The molecule has 6 nitrogen and oxygen atoms in total. The van der Waals surface area contributed by atoms with E-state index in [-0.39, 0.29) is 5.82 Å². The molecule has 3 rings (SSSR count). The van der Waals surface area contributed by atoms with E-state index >= 15 is 0 Å². The van der Waals surface area contributed by atoms with Crippen LogP contribution in [0.25, 0.3) is 28.3 Å².